The van der Waals surface area contributed by atoms with Gasteiger partial charge in [0.25, 0.3) is 0 Å². The highest BCUT2D eigenvalue weighted by molar-refractivity contribution is 9.11. The molecule has 2 aromatic rings. The SMILES string of the molecule is CN(Cc1csc(Br)c1)c1nc2c(s1)C(=O)CCC2. The van der Waals surface area contributed by atoms with Crippen LogP contribution in [-0.4, -0.2) is 17.8 Å². The zero-order valence-corrected chi connectivity index (χ0v) is 13.7. The molecule has 0 saturated heterocycles. The first-order valence-corrected chi connectivity index (χ1v) is 8.59. The Bertz CT molecular complexity index is 620. The standard InChI is InChI=1S/C13H13BrN2OS2/c1-16(6-8-5-11(14)18-7-8)13-15-9-3-2-4-10(17)12(9)19-13/h5,7H,2-4,6H2,1H3. The van der Waals surface area contributed by atoms with Crippen molar-refractivity contribution in [2.24, 2.45) is 0 Å². The average molecular weight is 357 g/mol. The average Bonchev–Trinajstić information content (AvgIpc) is 2.96. The second-order valence-electron chi connectivity index (χ2n) is 4.66. The van der Waals surface area contributed by atoms with Crippen molar-refractivity contribution in [1.29, 1.82) is 0 Å². The van der Waals surface area contributed by atoms with E-state index in [1.807, 2.05) is 7.05 Å². The van der Waals surface area contributed by atoms with Crippen molar-refractivity contribution in [2.45, 2.75) is 25.8 Å². The van der Waals surface area contributed by atoms with Gasteiger partial charge in [-0.15, -0.1) is 11.3 Å². The molecule has 3 rings (SSSR count). The van der Waals surface area contributed by atoms with E-state index < -0.39 is 0 Å². The summed E-state index contributed by atoms with van der Waals surface area (Å²) < 4.78 is 1.14. The van der Waals surface area contributed by atoms with E-state index in [9.17, 15) is 4.79 Å². The maximum Gasteiger partial charge on any atom is 0.186 e. The monoisotopic (exact) mass is 356 g/mol. The van der Waals surface area contributed by atoms with Crippen molar-refractivity contribution < 1.29 is 4.79 Å². The summed E-state index contributed by atoms with van der Waals surface area (Å²) in [5, 5.41) is 3.08. The van der Waals surface area contributed by atoms with Crippen LogP contribution >= 0.6 is 38.6 Å². The van der Waals surface area contributed by atoms with Gasteiger partial charge in [-0.1, -0.05) is 11.3 Å². The lowest BCUT2D eigenvalue weighted by atomic mass is 10.0. The lowest BCUT2D eigenvalue weighted by Crippen LogP contribution is -2.15. The summed E-state index contributed by atoms with van der Waals surface area (Å²) in [5.74, 6) is 0.261. The van der Waals surface area contributed by atoms with E-state index in [2.05, 4.69) is 37.3 Å². The number of aromatic nitrogens is 1. The summed E-state index contributed by atoms with van der Waals surface area (Å²) in [6.45, 7) is 0.822. The molecular weight excluding hydrogens is 344 g/mol. The van der Waals surface area contributed by atoms with Crippen molar-refractivity contribution >= 4 is 49.5 Å². The number of hydrogen-bond acceptors (Lipinski definition) is 5. The minimum Gasteiger partial charge on any atom is -0.347 e. The Morgan fingerprint density at radius 3 is 3.00 bits per heavy atom. The number of anilines is 1. The van der Waals surface area contributed by atoms with Crippen LogP contribution in [-0.2, 0) is 13.0 Å². The first-order valence-electron chi connectivity index (χ1n) is 6.10. The fourth-order valence-corrected chi connectivity index (χ4v) is 4.43. The zero-order chi connectivity index (χ0) is 13.4. The molecule has 0 bridgehead atoms. The third-order valence-electron chi connectivity index (χ3n) is 3.12. The predicted molar refractivity (Wildman–Crippen MR) is 83.5 cm³/mol. The largest absolute Gasteiger partial charge is 0.347 e. The summed E-state index contributed by atoms with van der Waals surface area (Å²) >= 11 is 6.70. The Balaban J connectivity index is 1.80. The van der Waals surface area contributed by atoms with Gasteiger partial charge in [0.05, 0.1) is 14.4 Å². The van der Waals surface area contributed by atoms with Crippen molar-refractivity contribution in [2.75, 3.05) is 11.9 Å². The van der Waals surface area contributed by atoms with E-state index in [1.54, 1.807) is 11.3 Å². The summed E-state index contributed by atoms with van der Waals surface area (Å²) in [6, 6.07) is 2.12. The molecule has 0 spiro atoms. The van der Waals surface area contributed by atoms with Crippen LogP contribution in [0.1, 0.15) is 33.8 Å². The van der Waals surface area contributed by atoms with Gasteiger partial charge in [0.15, 0.2) is 10.9 Å². The topological polar surface area (TPSA) is 33.2 Å². The number of hydrogen-bond donors (Lipinski definition) is 0. The van der Waals surface area contributed by atoms with Crippen molar-refractivity contribution in [1.82, 2.24) is 4.98 Å². The molecule has 0 aliphatic heterocycles. The second-order valence-corrected chi connectivity index (χ2v) is 7.93. The molecule has 0 atom stereocenters. The van der Waals surface area contributed by atoms with Gasteiger partial charge in [-0.05, 0) is 45.8 Å². The molecule has 0 saturated carbocycles. The van der Waals surface area contributed by atoms with E-state index in [0.717, 1.165) is 38.9 Å². The molecule has 6 heteroatoms. The molecule has 3 nitrogen and oxygen atoms in total. The smallest absolute Gasteiger partial charge is 0.186 e. The van der Waals surface area contributed by atoms with E-state index in [1.165, 1.54) is 16.9 Å². The number of halogens is 1. The number of carbonyl (C=O) groups is 1. The fraction of sp³-hybridized carbons (Fsp3) is 0.385. The number of aryl methyl sites for hydroxylation is 1. The first kappa shape index (κ1) is 13.3. The van der Waals surface area contributed by atoms with Gasteiger partial charge >= 0.3 is 0 Å². The van der Waals surface area contributed by atoms with Crippen LogP contribution in [0.5, 0.6) is 0 Å². The Hall–Kier alpha value is -0.720. The minimum absolute atomic E-state index is 0.261. The van der Waals surface area contributed by atoms with Gasteiger partial charge in [0, 0.05) is 20.0 Å². The van der Waals surface area contributed by atoms with E-state index in [-0.39, 0.29) is 5.78 Å². The molecule has 2 aromatic heterocycles. The van der Waals surface area contributed by atoms with Crippen LogP contribution in [0.3, 0.4) is 0 Å². The van der Waals surface area contributed by atoms with Gasteiger partial charge in [-0.25, -0.2) is 4.98 Å². The molecule has 19 heavy (non-hydrogen) atoms. The van der Waals surface area contributed by atoms with E-state index in [0.29, 0.717) is 6.42 Å². The number of nitrogens with zero attached hydrogens (tertiary/aromatic N) is 2. The van der Waals surface area contributed by atoms with Gasteiger partial charge in [0.1, 0.15) is 0 Å². The van der Waals surface area contributed by atoms with Gasteiger partial charge in [0.2, 0.25) is 0 Å². The molecule has 0 radical (unpaired) electrons. The summed E-state index contributed by atoms with van der Waals surface area (Å²) in [6.07, 6.45) is 2.56. The fourth-order valence-electron chi connectivity index (χ4n) is 2.19. The zero-order valence-electron chi connectivity index (χ0n) is 10.5. The van der Waals surface area contributed by atoms with Crippen molar-refractivity contribution in [3.05, 3.63) is 31.4 Å². The maximum absolute atomic E-state index is 11.8. The number of carbonyl (C=O) groups excluding carboxylic acids is 1. The van der Waals surface area contributed by atoms with Crippen LogP contribution in [0.25, 0.3) is 0 Å². The van der Waals surface area contributed by atoms with Crippen molar-refractivity contribution in [3.8, 4) is 0 Å². The van der Waals surface area contributed by atoms with Gasteiger partial charge in [-0.3, -0.25) is 4.79 Å². The van der Waals surface area contributed by atoms with Crippen LogP contribution in [0, 0.1) is 0 Å². The number of rotatable bonds is 3. The molecule has 0 N–H and O–H groups in total. The maximum atomic E-state index is 11.8. The molecule has 0 amide bonds. The van der Waals surface area contributed by atoms with Crippen LogP contribution in [0.4, 0.5) is 5.13 Å². The van der Waals surface area contributed by atoms with Crippen LogP contribution in [0.2, 0.25) is 0 Å². The Morgan fingerprint density at radius 2 is 2.32 bits per heavy atom. The predicted octanol–water partition coefficient (Wildman–Crippen LogP) is 4.12. The Kier molecular flexibility index (Phi) is 3.73. The number of fused-ring (bicyclic) bond motifs is 1. The number of thiophene rings is 1. The van der Waals surface area contributed by atoms with Crippen LogP contribution in [0.15, 0.2) is 15.2 Å². The molecule has 0 aromatic carbocycles. The Morgan fingerprint density at radius 1 is 1.47 bits per heavy atom. The first-order chi connectivity index (χ1) is 9.13. The molecule has 2 heterocycles. The van der Waals surface area contributed by atoms with Gasteiger partial charge in [-0.2, -0.15) is 0 Å². The number of thiazole rings is 1. The number of ketones is 1. The summed E-state index contributed by atoms with van der Waals surface area (Å²) in [7, 11) is 2.03. The highest BCUT2D eigenvalue weighted by Crippen LogP contribution is 2.32. The van der Waals surface area contributed by atoms with E-state index >= 15 is 0 Å². The van der Waals surface area contributed by atoms with Crippen LogP contribution < -0.4 is 4.90 Å². The molecule has 0 fully saturated rings. The quantitative estimate of drug-likeness (QED) is 0.828. The van der Waals surface area contributed by atoms with Gasteiger partial charge < -0.3 is 4.90 Å². The second kappa shape index (κ2) is 5.34. The number of Topliss-reactive ketones (excluding diaryl/α,β-unsaturated/α-hetero) is 1. The minimum atomic E-state index is 0.261. The molecule has 0 unspecified atom stereocenters. The Labute approximate surface area is 128 Å². The molecular formula is C13H13BrN2OS2. The normalized spacial score (nSPS) is 14.5. The lowest BCUT2D eigenvalue weighted by molar-refractivity contribution is 0.0976. The third-order valence-corrected chi connectivity index (χ3v) is 5.93. The highest BCUT2D eigenvalue weighted by atomic mass is 79.9. The third kappa shape index (κ3) is 2.75. The lowest BCUT2D eigenvalue weighted by Gasteiger charge is -2.14. The van der Waals surface area contributed by atoms with E-state index in [4.69, 9.17) is 0 Å². The highest BCUT2D eigenvalue weighted by Gasteiger charge is 2.23. The summed E-state index contributed by atoms with van der Waals surface area (Å²) in [4.78, 5) is 19.4. The van der Waals surface area contributed by atoms with Crippen molar-refractivity contribution in [3.63, 3.8) is 0 Å². The molecule has 100 valence electrons. The molecule has 1 aliphatic rings. The molecule has 1 aliphatic carbocycles. The summed E-state index contributed by atoms with van der Waals surface area (Å²) in [5.41, 5.74) is 2.26.